The predicted molar refractivity (Wildman–Crippen MR) is 105 cm³/mol. The molecular weight excluding hydrogens is 397 g/mol. The van der Waals surface area contributed by atoms with E-state index in [9.17, 15) is 17.6 Å². The van der Waals surface area contributed by atoms with Crippen molar-refractivity contribution in [3.05, 3.63) is 59.4 Å². The second-order valence-corrected chi connectivity index (χ2v) is 9.46. The van der Waals surface area contributed by atoms with Crippen LogP contribution < -0.4 is 9.47 Å². The van der Waals surface area contributed by atoms with Crippen molar-refractivity contribution < 1.29 is 27.1 Å². The van der Waals surface area contributed by atoms with E-state index in [1.165, 1.54) is 22.5 Å². The minimum Gasteiger partial charge on any atom is -0.497 e. The zero-order chi connectivity index (χ0) is 20.6. The summed E-state index contributed by atoms with van der Waals surface area (Å²) in [6.45, 7) is 0.451. The number of hydrogen-bond acceptors (Lipinski definition) is 5. The first-order valence-corrected chi connectivity index (χ1v) is 11.0. The molecule has 0 bridgehead atoms. The number of carbonyl (C=O) groups is 1. The molecular formula is C21H22FNO5S. The van der Waals surface area contributed by atoms with Crippen LogP contribution in [0.3, 0.4) is 0 Å². The lowest BCUT2D eigenvalue weighted by molar-refractivity contribution is 0.00576. The van der Waals surface area contributed by atoms with Crippen molar-refractivity contribution >= 4 is 15.8 Å². The molecule has 0 N–H and O–H groups in total. The highest BCUT2D eigenvalue weighted by atomic mass is 32.2. The lowest BCUT2D eigenvalue weighted by Gasteiger charge is -2.43. The van der Waals surface area contributed by atoms with Gasteiger partial charge in [-0.25, -0.2) is 17.1 Å². The monoisotopic (exact) mass is 419 g/mol. The maximum absolute atomic E-state index is 13.9. The van der Waals surface area contributed by atoms with Gasteiger partial charge in [0, 0.05) is 37.6 Å². The third-order valence-electron chi connectivity index (χ3n) is 5.62. The zero-order valence-electron chi connectivity index (χ0n) is 16.1. The molecule has 0 radical (unpaired) electrons. The Balaban J connectivity index is 1.49. The van der Waals surface area contributed by atoms with Crippen LogP contribution in [0.15, 0.2) is 42.5 Å². The number of rotatable bonds is 4. The summed E-state index contributed by atoms with van der Waals surface area (Å²) >= 11 is 0. The van der Waals surface area contributed by atoms with Crippen LogP contribution in [0.5, 0.6) is 11.5 Å². The van der Waals surface area contributed by atoms with Crippen molar-refractivity contribution in [2.75, 3.05) is 20.2 Å². The molecule has 1 fully saturated rings. The molecule has 0 saturated carbocycles. The maximum atomic E-state index is 13.9. The van der Waals surface area contributed by atoms with Gasteiger partial charge in [0.15, 0.2) is 5.78 Å². The van der Waals surface area contributed by atoms with Gasteiger partial charge in [0.1, 0.15) is 22.9 Å². The molecule has 29 heavy (non-hydrogen) atoms. The number of ketones is 1. The molecule has 0 atom stereocenters. The number of hydrogen-bond donors (Lipinski definition) is 0. The van der Waals surface area contributed by atoms with Gasteiger partial charge in [-0.05, 0) is 18.2 Å². The normalized spacial score (nSPS) is 18.9. The molecule has 0 amide bonds. The highest BCUT2D eigenvalue weighted by molar-refractivity contribution is 7.88. The molecule has 0 aromatic heterocycles. The lowest BCUT2D eigenvalue weighted by atomic mass is 9.83. The summed E-state index contributed by atoms with van der Waals surface area (Å²) in [6, 6.07) is 11.0. The van der Waals surface area contributed by atoms with Crippen molar-refractivity contribution in [1.29, 1.82) is 0 Å². The van der Waals surface area contributed by atoms with E-state index in [1.54, 1.807) is 31.4 Å². The van der Waals surface area contributed by atoms with Gasteiger partial charge in [-0.15, -0.1) is 0 Å². The molecule has 2 aliphatic rings. The Morgan fingerprint density at radius 2 is 1.90 bits per heavy atom. The number of Topliss-reactive ketones (excluding diaryl/α,β-unsaturated/α-hetero) is 1. The van der Waals surface area contributed by atoms with Crippen LogP contribution in [0.25, 0.3) is 0 Å². The maximum Gasteiger partial charge on any atom is 0.218 e. The Morgan fingerprint density at radius 3 is 2.59 bits per heavy atom. The second-order valence-electron chi connectivity index (χ2n) is 7.49. The van der Waals surface area contributed by atoms with Crippen LogP contribution in [-0.4, -0.2) is 44.3 Å². The molecule has 2 aromatic rings. The number of halogens is 1. The average molecular weight is 419 g/mol. The van der Waals surface area contributed by atoms with E-state index in [2.05, 4.69) is 0 Å². The van der Waals surface area contributed by atoms with Gasteiger partial charge in [0.25, 0.3) is 0 Å². The molecule has 1 spiro atoms. The Kier molecular flexibility index (Phi) is 5.08. The Hall–Kier alpha value is -2.45. The molecule has 8 heteroatoms. The number of piperidine rings is 1. The first-order valence-electron chi connectivity index (χ1n) is 9.43. The second kappa shape index (κ2) is 7.42. The van der Waals surface area contributed by atoms with Gasteiger partial charge in [0.05, 0.1) is 24.8 Å². The van der Waals surface area contributed by atoms with Crippen molar-refractivity contribution in [3.63, 3.8) is 0 Å². The third-order valence-corrected chi connectivity index (χ3v) is 7.45. The van der Waals surface area contributed by atoms with E-state index < -0.39 is 21.4 Å². The van der Waals surface area contributed by atoms with Gasteiger partial charge in [-0.1, -0.05) is 18.2 Å². The standard InChI is InChI=1S/C21H22FNO5S/c1-27-16-6-7-17-19(24)13-21(28-20(17)12-16)8-10-23(11-9-21)29(25,26)14-15-4-2-3-5-18(15)22/h2-7,12H,8-11,13-14H2,1H3. The van der Waals surface area contributed by atoms with E-state index in [4.69, 9.17) is 9.47 Å². The highest BCUT2D eigenvalue weighted by Crippen LogP contribution is 2.41. The summed E-state index contributed by atoms with van der Waals surface area (Å²) in [4.78, 5) is 12.6. The van der Waals surface area contributed by atoms with Gasteiger partial charge in [-0.2, -0.15) is 0 Å². The molecule has 2 aliphatic heterocycles. The van der Waals surface area contributed by atoms with Crippen LogP contribution >= 0.6 is 0 Å². The Bertz CT molecular complexity index is 1040. The smallest absolute Gasteiger partial charge is 0.218 e. The number of fused-ring (bicyclic) bond motifs is 1. The van der Waals surface area contributed by atoms with Gasteiger partial charge < -0.3 is 9.47 Å². The fourth-order valence-corrected chi connectivity index (χ4v) is 5.50. The Labute approximate surface area is 169 Å². The van der Waals surface area contributed by atoms with Crippen LogP contribution in [0.1, 0.15) is 35.2 Å². The van der Waals surface area contributed by atoms with Crippen LogP contribution in [0.2, 0.25) is 0 Å². The van der Waals surface area contributed by atoms with Crippen LogP contribution in [-0.2, 0) is 15.8 Å². The number of nitrogens with zero attached hydrogens (tertiary/aromatic N) is 1. The first kappa shape index (κ1) is 19.8. The van der Waals surface area contributed by atoms with Crippen molar-refractivity contribution in [2.24, 2.45) is 0 Å². The molecule has 2 aromatic carbocycles. The fourth-order valence-electron chi connectivity index (χ4n) is 3.96. The van der Waals surface area contributed by atoms with Gasteiger partial charge >= 0.3 is 0 Å². The zero-order valence-corrected chi connectivity index (χ0v) is 16.9. The minimum absolute atomic E-state index is 0.0171. The summed E-state index contributed by atoms with van der Waals surface area (Å²) in [5.41, 5.74) is -0.0515. The van der Waals surface area contributed by atoms with Crippen molar-refractivity contribution in [1.82, 2.24) is 4.31 Å². The molecule has 0 aliphatic carbocycles. The summed E-state index contributed by atoms with van der Waals surface area (Å²) < 4.78 is 52.1. The summed E-state index contributed by atoms with van der Waals surface area (Å²) in [5, 5.41) is 0. The van der Waals surface area contributed by atoms with Crippen LogP contribution in [0, 0.1) is 5.82 Å². The van der Waals surface area contributed by atoms with E-state index in [0.29, 0.717) is 29.9 Å². The van der Waals surface area contributed by atoms with E-state index >= 15 is 0 Å². The van der Waals surface area contributed by atoms with Crippen molar-refractivity contribution in [2.45, 2.75) is 30.6 Å². The summed E-state index contributed by atoms with van der Waals surface area (Å²) in [6.07, 6.45) is 1.01. The van der Waals surface area contributed by atoms with Crippen molar-refractivity contribution in [3.8, 4) is 11.5 Å². The number of sulfonamides is 1. The van der Waals surface area contributed by atoms with E-state index in [0.717, 1.165) is 0 Å². The average Bonchev–Trinajstić information content (AvgIpc) is 2.69. The number of benzene rings is 2. The predicted octanol–water partition coefficient (Wildman–Crippen LogP) is 3.16. The number of carbonyl (C=O) groups excluding carboxylic acids is 1. The largest absolute Gasteiger partial charge is 0.497 e. The summed E-state index contributed by atoms with van der Waals surface area (Å²) in [5.74, 6) is 0.140. The van der Waals surface area contributed by atoms with E-state index in [-0.39, 0.29) is 36.6 Å². The fraction of sp³-hybridized carbons (Fsp3) is 0.381. The quantitative estimate of drug-likeness (QED) is 0.761. The van der Waals surface area contributed by atoms with Gasteiger partial charge in [0.2, 0.25) is 10.0 Å². The third kappa shape index (κ3) is 3.86. The minimum atomic E-state index is -3.67. The van der Waals surface area contributed by atoms with Crippen LogP contribution in [0.4, 0.5) is 4.39 Å². The molecule has 154 valence electrons. The SMILES string of the molecule is COc1ccc2c(c1)OC1(CCN(S(=O)(=O)Cc3ccccc3F)CC1)CC2=O. The number of ether oxygens (including phenoxy) is 2. The summed E-state index contributed by atoms with van der Waals surface area (Å²) in [7, 11) is -2.12. The molecule has 2 heterocycles. The van der Waals surface area contributed by atoms with Gasteiger partial charge in [-0.3, -0.25) is 4.79 Å². The lowest BCUT2D eigenvalue weighted by Crippen LogP contribution is -2.52. The topological polar surface area (TPSA) is 72.9 Å². The Morgan fingerprint density at radius 1 is 1.17 bits per heavy atom. The first-order chi connectivity index (χ1) is 13.8. The molecule has 0 unspecified atom stereocenters. The van der Waals surface area contributed by atoms with E-state index in [1.807, 2.05) is 0 Å². The number of methoxy groups -OCH3 is 1. The highest BCUT2D eigenvalue weighted by Gasteiger charge is 2.45. The molecule has 6 nitrogen and oxygen atoms in total. The molecule has 1 saturated heterocycles. The molecule has 4 rings (SSSR count).